The number of rotatable bonds is 5. The number of carbonyl (C=O) groups is 1. The van der Waals surface area contributed by atoms with Crippen LogP contribution in [0.4, 0.5) is 0 Å². The minimum atomic E-state index is -3.64. The van der Waals surface area contributed by atoms with Crippen molar-refractivity contribution in [2.45, 2.75) is 18.1 Å². The summed E-state index contributed by atoms with van der Waals surface area (Å²) in [6.45, 7) is 3.33. The molecule has 8 heteroatoms. The molecule has 0 aliphatic rings. The Morgan fingerprint density at radius 2 is 2.24 bits per heavy atom. The van der Waals surface area contributed by atoms with Crippen LogP contribution < -0.4 is 4.72 Å². The second kappa shape index (κ2) is 5.94. The van der Waals surface area contributed by atoms with Gasteiger partial charge < -0.3 is 4.74 Å². The lowest BCUT2D eigenvalue weighted by Gasteiger charge is -2.03. The molecule has 0 atom stereocenters. The summed E-state index contributed by atoms with van der Waals surface area (Å²) >= 11 is 4.35. The smallest absolute Gasteiger partial charge is 0.321 e. The fourth-order valence-corrected chi connectivity index (χ4v) is 4.24. The first kappa shape index (κ1) is 14.6. The summed E-state index contributed by atoms with van der Waals surface area (Å²) < 4.78 is 31.3. The molecule has 0 aliphatic carbocycles. The summed E-state index contributed by atoms with van der Waals surface area (Å²) in [5, 5.41) is 0. The largest absolute Gasteiger partial charge is 0.465 e. The minimum Gasteiger partial charge on any atom is -0.465 e. The van der Waals surface area contributed by atoms with E-state index in [9.17, 15) is 13.2 Å². The molecule has 96 valence electrons. The van der Waals surface area contributed by atoms with Crippen molar-refractivity contribution < 1.29 is 17.9 Å². The number of halogens is 1. The molecule has 0 radical (unpaired) electrons. The van der Waals surface area contributed by atoms with E-state index in [4.69, 9.17) is 0 Å². The highest BCUT2D eigenvalue weighted by atomic mass is 79.9. The Morgan fingerprint density at radius 1 is 1.59 bits per heavy atom. The fraction of sp³-hybridized carbons (Fsp3) is 0.444. The number of thiophene rings is 1. The van der Waals surface area contributed by atoms with Crippen LogP contribution in [-0.4, -0.2) is 27.5 Å². The zero-order chi connectivity index (χ0) is 13.1. The van der Waals surface area contributed by atoms with E-state index >= 15 is 0 Å². The third kappa shape index (κ3) is 4.06. The third-order valence-electron chi connectivity index (χ3n) is 1.81. The number of hydrogen-bond donors (Lipinski definition) is 1. The van der Waals surface area contributed by atoms with Crippen molar-refractivity contribution in [1.82, 2.24) is 4.72 Å². The van der Waals surface area contributed by atoms with Gasteiger partial charge in [0, 0.05) is 0 Å². The molecule has 1 N–H and O–H groups in total. The summed E-state index contributed by atoms with van der Waals surface area (Å²) in [6, 6.07) is 1.54. The highest BCUT2D eigenvalue weighted by Gasteiger charge is 2.19. The van der Waals surface area contributed by atoms with Crippen LogP contribution in [0.1, 0.15) is 12.5 Å². The molecule has 1 aromatic rings. The molecular weight excluding hydrogens is 330 g/mol. The van der Waals surface area contributed by atoms with Crippen molar-refractivity contribution in [2.24, 2.45) is 0 Å². The summed E-state index contributed by atoms with van der Waals surface area (Å²) in [4.78, 5) is 11.0. The molecule has 0 spiro atoms. The maximum atomic E-state index is 11.8. The van der Waals surface area contributed by atoms with Gasteiger partial charge in [0.15, 0.2) is 0 Å². The van der Waals surface area contributed by atoms with Crippen molar-refractivity contribution in [1.29, 1.82) is 0 Å². The maximum Gasteiger partial charge on any atom is 0.321 e. The normalized spacial score (nSPS) is 11.5. The van der Waals surface area contributed by atoms with Crippen LogP contribution in [0.3, 0.4) is 0 Å². The van der Waals surface area contributed by atoms with Gasteiger partial charge >= 0.3 is 5.97 Å². The van der Waals surface area contributed by atoms with Crippen molar-refractivity contribution in [2.75, 3.05) is 13.2 Å². The molecular formula is C9H12BrNO4S2. The molecule has 5 nitrogen and oxygen atoms in total. The molecule has 0 fully saturated rings. The van der Waals surface area contributed by atoms with Gasteiger partial charge in [0.05, 0.1) is 10.4 Å². The molecule has 1 aromatic heterocycles. The summed E-state index contributed by atoms with van der Waals surface area (Å²) in [5.41, 5.74) is 0.839. The Bertz CT molecular complexity index is 490. The first-order valence-corrected chi connectivity index (χ1v) is 7.87. The second-order valence-corrected chi connectivity index (χ2v) is 7.52. The zero-order valence-corrected chi connectivity index (χ0v) is 12.5. The molecule has 17 heavy (non-hydrogen) atoms. The number of esters is 1. The lowest BCUT2D eigenvalue weighted by atomic mass is 10.4. The van der Waals surface area contributed by atoms with E-state index in [1.54, 1.807) is 19.9 Å². The van der Waals surface area contributed by atoms with Gasteiger partial charge in [-0.3, -0.25) is 4.79 Å². The van der Waals surface area contributed by atoms with Crippen LogP contribution in [0.5, 0.6) is 0 Å². The van der Waals surface area contributed by atoms with E-state index in [1.807, 2.05) is 0 Å². The SMILES string of the molecule is CCOC(=O)CNS(=O)(=O)c1cc(C)c(Br)s1. The van der Waals surface area contributed by atoms with Gasteiger partial charge in [0.25, 0.3) is 10.0 Å². The Balaban J connectivity index is 2.72. The lowest BCUT2D eigenvalue weighted by Crippen LogP contribution is -2.30. The quantitative estimate of drug-likeness (QED) is 0.826. The predicted molar refractivity (Wildman–Crippen MR) is 68.6 cm³/mol. The van der Waals surface area contributed by atoms with Crippen molar-refractivity contribution in [3.05, 3.63) is 15.4 Å². The topological polar surface area (TPSA) is 72.5 Å². The maximum absolute atomic E-state index is 11.8. The number of ether oxygens (including phenoxy) is 1. The standard InChI is InChI=1S/C9H12BrNO4S2/c1-3-15-7(12)5-11-17(13,14)8-4-6(2)9(10)16-8/h4,11H,3,5H2,1-2H3. The molecule has 0 bridgehead atoms. The van der Waals surface area contributed by atoms with E-state index in [-0.39, 0.29) is 17.4 Å². The summed E-state index contributed by atoms with van der Waals surface area (Å²) in [5.74, 6) is -0.594. The van der Waals surface area contributed by atoms with E-state index < -0.39 is 16.0 Å². The Morgan fingerprint density at radius 3 is 2.71 bits per heavy atom. The monoisotopic (exact) mass is 341 g/mol. The first-order chi connectivity index (χ1) is 7.86. The van der Waals surface area contributed by atoms with Gasteiger partial charge in [-0.25, -0.2) is 8.42 Å². The highest BCUT2D eigenvalue weighted by Crippen LogP contribution is 2.30. The highest BCUT2D eigenvalue weighted by molar-refractivity contribution is 9.11. The van der Waals surface area contributed by atoms with Gasteiger partial charge in [-0.2, -0.15) is 4.72 Å². The van der Waals surface area contributed by atoms with Crippen LogP contribution in [0.2, 0.25) is 0 Å². The average Bonchev–Trinajstić information content (AvgIpc) is 2.58. The molecule has 0 unspecified atom stereocenters. The number of sulfonamides is 1. The number of hydrogen-bond acceptors (Lipinski definition) is 5. The molecule has 0 saturated heterocycles. The molecule has 1 heterocycles. The second-order valence-electron chi connectivity index (χ2n) is 3.15. The third-order valence-corrected chi connectivity index (χ3v) is 5.82. The van der Waals surface area contributed by atoms with Gasteiger partial charge in [-0.15, -0.1) is 11.3 Å². The lowest BCUT2D eigenvalue weighted by molar-refractivity contribution is -0.141. The summed E-state index contributed by atoms with van der Waals surface area (Å²) in [7, 11) is -3.64. The Labute approximate surface area is 112 Å². The Hall–Kier alpha value is -0.440. The van der Waals surface area contributed by atoms with Crippen molar-refractivity contribution in [3.8, 4) is 0 Å². The molecule has 0 aliphatic heterocycles. The van der Waals surface area contributed by atoms with Gasteiger partial charge in [0.2, 0.25) is 0 Å². The van der Waals surface area contributed by atoms with Crippen LogP contribution in [0, 0.1) is 6.92 Å². The Kier molecular flexibility index (Phi) is 5.11. The van der Waals surface area contributed by atoms with Crippen LogP contribution in [-0.2, 0) is 19.6 Å². The van der Waals surface area contributed by atoms with Crippen LogP contribution in [0.15, 0.2) is 14.1 Å². The summed E-state index contributed by atoms with van der Waals surface area (Å²) in [6.07, 6.45) is 0. The number of aryl methyl sites for hydroxylation is 1. The minimum absolute atomic E-state index is 0.172. The van der Waals surface area contributed by atoms with E-state index in [1.165, 1.54) is 0 Å². The van der Waals surface area contributed by atoms with E-state index in [2.05, 4.69) is 25.4 Å². The van der Waals surface area contributed by atoms with E-state index in [0.717, 1.165) is 20.7 Å². The molecule has 1 rings (SSSR count). The van der Waals surface area contributed by atoms with E-state index in [0.29, 0.717) is 0 Å². The van der Waals surface area contributed by atoms with Gasteiger partial charge in [-0.1, -0.05) is 0 Å². The average molecular weight is 342 g/mol. The molecule has 0 amide bonds. The van der Waals surface area contributed by atoms with Crippen molar-refractivity contribution in [3.63, 3.8) is 0 Å². The zero-order valence-electron chi connectivity index (χ0n) is 9.32. The molecule has 0 saturated carbocycles. The first-order valence-electron chi connectivity index (χ1n) is 4.78. The number of nitrogens with one attached hydrogen (secondary N) is 1. The van der Waals surface area contributed by atoms with Crippen LogP contribution in [0.25, 0.3) is 0 Å². The molecule has 0 aromatic carbocycles. The van der Waals surface area contributed by atoms with Crippen molar-refractivity contribution >= 4 is 43.3 Å². The van der Waals surface area contributed by atoms with Crippen LogP contribution >= 0.6 is 27.3 Å². The predicted octanol–water partition coefficient (Wildman–Crippen LogP) is 1.66. The van der Waals surface area contributed by atoms with Gasteiger partial charge in [0.1, 0.15) is 10.8 Å². The fourth-order valence-electron chi connectivity index (χ4n) is 1.00. The number of carbonyl (C=O) groups excluding carboxylic acids is 1. The van der Waals surface area contributed by atoms with Gasteiger partial charge in [-0.05, 0) is 41.4 Å².